The van der Waals surface area contributed by atoms with Crippen molar-refractivity contribution in [2.24, 2.45) is 0 Å². The lowest BCUT2D eigenvalue weighted by molar-refractivity contribution is -0.887. The summed E-state index contributed by atoms with van der Waals surface area (Å²) in [4.78, 5) is 37.0. The van der Waals surface area contributed by atoms with E-state index in [1.807, 2.05) is 69.8 Å². The Kier molecular flexibility index (Phi) is 37.3. The summed E-state index contributed by atoms with van der Waals surface area (Å²) in [5.41, 5.74) is 0. The maximum Gasteiger partial charge on any atom is 0.362 e. The van der Waals surface area contributed by atoms with Crippen LogP contribution in [0.4, 0.5) is 0 Å². The molecule has 8 heteroatoms. The van der Waals surface area contributed by atoms with E-state index in [1.54, 1.807) is 0 Å². The fourth-order valence-electron chi connectivity index (χ4n) is 6.22. The van der Waals surface area contributed by atoms with Gasteiger partial charge in [-0.3, -0.25) is 9.59 Å². The van der Waals surface area contributed by atoms with Gasteiger partial charge in [0.2, 0.25) is 0 Å². The summed E-state index contributed by atoms with van der Waals surface area (Å²) in [6.07, 6.45) is 49.5. The molecule has 0 saturated heterocycles. The van der Waals surface area contributed by atoms with E-state index in [0.29, 0.717) is 19.3 Å². The third-order valence-electron chi connectivity index (χ3n) is 9.72. The van der Waals surface area contributed by atoms with Crippen molar-refractivity contribution in [3.05, 3.63) is 72.9 Å². The quantitative estimate of drug-likeness (QED) is 0.0217. The van der Waals surface area contributed by atoms with Crippen molar-refractivity contribution in [1.82, 2.24) is 0 Å². The first-order valence-electron chi connectivity index (χ1n) is 22.5. The van der Waals surface area contributed by atoms with Crippen LogP contribution in [0.1, 0.15) is 168 Å². The number of carboxylic acids is 1. The highest BCUT2D eigenvalue weighted by molar-refractivity contribution is 5.72. The molecule has 8 nitrogen and oxygen atoms in total. The molecule has 0 aliphatic heterocycles. The molecular weight excluding hydrogens is 715 g/mol. The SMILES string of the molecule is CC/C=C/C=C/C=C/C=C/C=C/CCCCCC(=O)OC(COCCC(C(=O)O)[N+](C)(C)C)COC(=O)CCCCCCC/C=C/CCCCCCCCCCC. The van der Waals surface area contributed by atoms with Crippen LogP contribution < -0.4 is 0 Å². The standard InChI is InChI=1S/C49H83NO7/c1-6-8-10-12-14-16-18-20-22-23-24-26-27-29-31-33-35-37-39-47(51)56-44-45(43-55-42-41-46(49(53)54)50(3,4)5)57-48(52)40-38-36-34-32-30-28-25-21-19-17-15-13-11-9-7-2/h9,11,13,15,17,19,21,24-26,28,30,45-46H,6-8,10,12,14,16,18,20,22-23,27,29,31-44H2,1-5H3/p+1/b11-9+,15-13+,19-17+,25-21+,26-24+,30-28+. The molecule has 2 unspecified atom stereocenters. The lowest BCUT2D eigenvalue weighted by Gasteiger charge is -2.31. The van der Waals surface area contributed by atoms with Gasteiger partial charge < -0.3 is 23.8 Å². The summed E-state index contributed by atoms with van der Waals surface area (Å²) in [5.74, 6) is -1.54. The third-order valence-corrected chi connectivity index (χ3v) is 9.72. The van der Waals surface area contributed by atoms with Crippen molar-refractivity contribution in [3.8, 4) is 0 Å². The van der Waals surface area contributed by atoms with Crippen LogP contribution in [0.3, 0.4) is 0 Å². The van der Waals surface area contributed by atoms with Gasteiger partial charge in [0.05, 0.1) is 34.4 Å². The number of carboxylic acid groups (broad SMARTS) is 1. The summed E-state index contributed by atoms with van der Waals surface area (Å²) in [7, 11) is 5.50. The molecule has 57 heavy (non-hydrogen) atoms. The Morgan fingerprint density at radius 1 is 0.544 bits per heavy atom. The van der Waals surface area contributed by atoms with Crippen LogP contribution in [0.2, 0.25) is 0 Å². The lowest BCUT2D eigenvalue weighted by atomic mass is 10.1. The molecule has 0 aromatic carbocycles. The van der Waals surface area contributed by atoms with Gasteiger partial charge in [0.25, 0.3) is 0 Å². The first-order valence-corrected chi connectivity index (χ1v) is 22.5. The molecular formula is C49H84NO7+. The van der Waals surface area contributed by atoms with E-state index < -0.39 is 18.1 Å². The fraction of sp³-hybridized carbons (Fsp3) is 0.694. The Bertz CT molecular complexity index is 1160. The van der Waals surface area contributed by atoms with Crippen molar-refractivity contribution in [3.63, 3.8) is 0 Å². The smallest absolute Gasteiger partial charge is 0.362 e. The second-order valence-electron chi connectivity index (χ2n) is 16.0. The summed E-state index contributed by atoms with van der Waals surface area (Å²) in [6.45, 7) is 4.53. The van der Waals surface area contributed by atoms with Crippen molar-refractivity contribution in [1.29, 1.82) is 0 Å². The molecule has 0 rings (SSSR count). The molecule has 2 atom stereocenters. The molecule has 0 saturated carbocycles. The molecule has 0 amide bonds. The van der Waals surface area contributed by atoms with Crippen molar-refractivity contribution in [2.45, 2.75) is 180 Å². The second-order valence-corrected chi connectivity index (χ2v) is 16.0. The molecule has 0 heterocycles. The topological polar surface area (TPSA) is 99.1 Å². The molecule has 0 aliphatic rings. The van der Waals surface area contributed by atoms with Crippen LogP contribution in [-0.4, -0.2) is 80.6 Å². The number of aliphatic carboxylic acids is 1. The minimum atomic E-state index is -0.886. The largest absolute Gasteiger partial charge is 0.477 e. The predicted molar refractivity (Wildman–Crippen MR) is 238 cm³/mol. The molecule has 0 aromatic rings. The number of esters is 2. The fourth-order valence-corrected chi connectivity index (χ4v) is 6.22. The van der Waals surface area contributed by atoms with Crippen LogP contribution in [0.25, 0.3) is 0 Å². The summed E-state index contributed by atoms with van der Waals surface area (Å²) < 4.78 is 17.2. The van der Waals surface area contributed by atoms with Crippen LogP contribution in [0, 0.1) is 0 Å². The number of carbonyl (C=O) groups is 3. The van der Waals surface area contributed by atoms with E-state index in [0.717, 1.165) is 57.8 Å². The average molecular weight is 799 g/mol. The Labute approximate surface area is 349 Å². The van der Waals surface area contributed by atoms with Gasteiger partial charge >= 0.3 is 17.9 Å². The Hall–Kier alpha value is -3.23. The van der Waals surface area contributed by atoms with E-state index in [2.05, 4.69) is 38.2 Å². The van der Waals surface area contributed by atoms with Crippen LogP contribution in [0.5, 0.6) is 0 Å². The lowest BCUT2D eigenvalue weighted by Crippen LogP contribution is -2.50. The van der Waals surface area contributed by atoms with E-state index >= 15 is 0 Å². The van der Waals surface area contributed by atoms with E-state index in [4.69, 9.17) is 14.2 Å². The maximum atomic E-state index is 12.7. The van der Waals surface area contributed by atoms with Crippen LogP contribution in [0.15, 0.2) is 72.9 Å². The molecule has 0 aromatic heterocycles. The van der Waals surface area contributed by atoms with Crippen molar-refractivity contribution < 1.29 is 38.2 Å². The van der Waals surface area contributed by atoms with Crippen LogP contribution in [-0.2, 0) is 28.6 Å². The molecule has 0 fully saturated rings. The number of quaternary nitrogens is 1. The second kappa shape index (κ2) is 39.6. The monoisotopic (exact) mass is 799 g/mol. The molecule has 0 spiro atoms. The van der Waals surface area contributed by atoms with Gasteiger partial charge in [-0.05, 0) is 57.8 Å². The number of rotatable bonds is 39. The molecule has 0 aliphatic carbocycles. The van der Waals surface area contributed by atoms with Gasteiger partial charge in [-0.15, -0.1) is 0 Å². The molecule has 326 valence electrons. The number of nitrogens with zero attached hydrogens (tertiary/aromatic N) is 1. The van der Waals surface area contributed by atoms with Crippen LogP contribution >= 0.6 is 0 Å². The van der Waals surface area contributed by atoms with Gasteiger partial charge in [-0.1, -0.05) is 164 Å². The number of unbranched alkanes of at least 4 members (excludes halogenated alkanes) is 17. The molecule has 0 bridgehead atoms. The first-order chi connectivity index (χ1) is 27.6. The Morgan fingerprint density at radius 2 is 1.00 bits per heavy atom. The highest BCUT2D eigenvalue weighted by atomic mass is 16.6. The highest BCUT2D eigenvalue weighted by Crippen LogP contribution is 2.13. The summed E-state index contributed by atoms with van der Waals surface area (Å²) in [5, 5.41) is 9.62. The highest BCUT2D eigenvalue weighted by Gasteiger charge is 2.31. The average Bonchev–Trinajstić information content (AvgIpc) is 3.17. The summed E-state index contributed by atoms with van der Waals surface area (Å²) >= 11 is 0. The third kappa shape index (κ3) is 38.1. The predicted octanol–water partition coefficient (Wildman–Crippen LogP) is 12.4. The number of hydrogen-bond acceptors (Lipinski definition) is 6. The van der Waals surface area contributed by atoms with E-state index in [1.165, 1.54) is 70.6 Å². The van der Waals surface area contributed by atoms with Gasteiger partial charge in [-0.25, -0.2) is 4.79 Å². The van der Waals surface area contributed by atoms with Gasteiger partial charge in [0, 0.05) is 19.3 Å². The number of allylic oxidation sites excluding steroid dienone is 12. The van der Waals surface area contributed by atoms with Crippen molar-refractivity contribution >= 4 is 17.9 Å². The Morgan fingerprint density at radius 3 is 1.53 bits per heavy atom. The summed E-state index contributed by atoms with van der Waals surface area (Å²) in [6, 6.07) is -0.627. The van der Waals surface area contributed by atoms with E-state index in [9.17, 15) is 19.5 Å². The van der Waals surface area contributed by atoms with Gasteiger partial charge in [-0.2, -0.15) is 0 Å². The zero-order chi connectivity index (χ0) is 42.1. The first kappa shape index (κ1) is 53.8. The van der Waals surface area contributed by atoms with Crippen molar-refractivity contribution in [2.75, 3.05) is 41.0 Å². The van der Waals surface area contributed by atoms with Gasteiger partial charge in [0.1, 0.15) is 6.61 Å². The van der Waals surface area contributed by atoms with Gasteiger partial charge in [0.15, 0.2) is 12.1 Å². The number of carbonyl (C=O) groups excluding carboxylic acids is 2. The maximum absolute atomic E-state index is 12.7. The zero-order valence-corrected chi connectivity index (χ0v) is 37.0. The Balaban J connectivity index is 4.41. The zero-order valence-electron chi connectivity index (χ0n) is 37.0. The molecule has 1 N–H and O–H groups in total. The number of ether oxygens (including phenoxy) is 3. The minimum absolute atomic E-state index is 0.0375. The number of likely N-dealkylation sites (N-methyl/N-ethyl adjacent to an activating group) is 1. The minimum Gasteiger partial charge on any atom is -0.477 e. The molecule has 0 radical (unpaired) electrons. The van der Waals surface area contributed by atoms with E-state index in [-0.39, 0.29) is 42.7 Å². The number of hydrogen-bond donors (Lipinski definition) is 1. The normalized spacial score (nSPS) is 13.6.